The summed E-state index contributed by atoms with van der Waals surface area (Å²) in [6.07, 6.45) is 6.69. The molecule has 0 N–H and O–H groups in total. The number of hydrogen-bond acceptors (Lipinski definition) is 0. The summed E-state index contributed by atoms with van der Waals surface area (Å²) in [5.41, 5.74) is 0.826. The summed E-state index contributed by atoms with van der Waals surface area (Å²) in [4.78, 5) is 0. The molecule has 1 heteroatoms. The predicted molar refractivity (Wildman–Crippen MR) is 32.7 cm³/mol. The molecule has 1 radical (unpaired) electrons. The largest absolute Gasteiger partial charge is 1.00 e. The Bertz CT molecular complexity index is 196. The average molecular weight is 202 g/mol. The fourth-order valence-electron chi connectivity index (χ4n) is 0.521. The Labute approximate surface area is 68.0 Å². The fraction of sp³-hybridized carbons (Fsp3) is 0. The second-order valence-electron chi connectivity index (χ2n) is 1.49. The van der Waals surface area contributed by atoms with Gasteiger partial charge in [-0.15, -0.1) is 17.7 Å². The van der Waals surface area contributed by atoms with Crippen LogP contribution in [0.3, 0.4) is 0 Å². The minimum absolute atomic E-state index is 0. The first-order chi connectivity index (χ1) is 3.93. The third-order valence-electron chi connectivity index (χ3n) is 0.918. The van der Waals surface area contributed by atoms with Crippen LogP contribution in [0.4, 0.5) is 0 Å². The summed E-state index contributed by atoms with van der Waals surface area (Å²) in [7, 11) is 0. The second kappa shape index (κ2) is 4.30. The Morgan fingerprint density at radius 2 is 1.67 bits per heavy atom. The van der Waals surface area contributed by atoms with Gasteiger partial charge in [-0.05, 0) is 0 Å². The second-order valence-corrected chi connectivity index (χ2v) is 1.49. The maximum atomic E-state index is 6.69. The van der Waals surface area contributed by atoms with E-state index in [0.29, 0.717) is 0 Å². The summed E-state index contributed by atoms with van der Waals surface area (Å²) in [5, 5.41) is 0. The molecule has 0 fully saturated rings. The van der Waals surface area contributed by atoms with E-state index in [1.165, 1.54) is 0 Å². The summed E-state index contributed by atoms with van der Waals surface area (Å²) in [6, 6.07) is 9.37. The van der Waals surface area contributed by atoms with E-state index in [0.717, 1.165) is 5.56 Å². The standard InChI is InChI=1S/C8H5.Ru/c1-2-8-6-4-3-5-7-8;/h3-7H;/q-1;+1. The molecule has 0 aromatic heterocycles. The maximum absolute atomic E-state index is 6.69. The van der Waals surface area contributed by atoms with E-state index in [9.17, 15) is 0 Å². The fourth-order valence-corrected chi connectivity index (χ4v) is 0.521. The van der Waals surface area contributed by atoms with Crippen molar-refractivity contribution in [2.45, 2.75) is 0 Å². The molecule has 0 unspecified atom stereocenters. The molecule has 0 bridgehead atoms. The van der Waals surface area contributed by atoms with Gasteiger partial charge in [0.05, 0.1) is 0 Å². The first kappa shape index (κ1) is 8.40. The van der Waals surface area contributed by atoms with Gasteiger partial charge >= 0.3 is 19.5 Å². The molecule has 1 rings (SSSR count). The van der Waals surface area contributed by atoms with Crippen molar-refractivity contribution in [3.8, 4) is 5.92 Å². The normalized spacial score (nSPS) is 7.00. The van der Waals surface area contributed by atoms with Gasteiger partial charge in [-0.3, -0.25) is 5.92 Å². The van der Waals surface area contributed by atoms with E-state index in [4.69, 9.17) is 6.42 Å². The molecule has 0 saturated carbocycles. The van der Waals surface area contributed by atoms with Crippen molar-refractivity contribution in [2.75, 3.05) is 0 Å². The summed E-state index contributed by atoms with van der Waals surface area (Å²) in [6.45, 7) is 0. The van der Waals surface area contributed by atoms with Crippen molar-refractivity contribution in [1.82, 2.24) is 0 Å². The number of benzene rings is 1. The first-order valence-corrected chi connectivity index (χ1v) is 2.41. The van der Waals surface area contributed by atoms with E-state index < -0.39 is 0 Å². The van der Waals surface area contributed by atoms with Crippen LogP contribution in [0.15, 0.2) is 30.3 Å². The van der Waals surface area contributed by atoms with Crippen LogP contribution in [-0.2, 0) is 19.5 Å². The van der Waals surface area contributed by atoms with Crippen LogP contribution in [0.2, 0.25) is 0 Å². The zero-order chi connectivity index (χ0) is 5.82. The number of rotatable bonds is 0. The molecule has 0 atom stereocenters. The average Bonchev–Trinajstić information content (AvgIpc) is 1.90. The van der Waals surface area contributed by atoms with Crippen LogP contribution in [0.1, 0.15) is 5.56 Å². The van der Waals surface area contributed by atoms with Crippen molar-refractivity contribution in [3.63, 3.8) is 0 Å². The van der Waals surface area contributed by atoms with E-state index in [1.807, 2.05) is 30.3 Å². The monoisotopic (exact) mass is 203 g/mol. The zero-order valence-electron chi connectivity index (χ0n) is 4.74. The van der Waals surface area contributed by atoms with Gasteiger partial charge in [0.25, 0.3) is 0 Å². The van der Waals surface area contributed by atoms with Gasteiger partial charge in [0.2, 0.25) is 0 Å². The summed E-state index contributed by atoms with van der Waals surface area (Å²) < 4.78 is 0. The van der Waals surface area contributed by atoms with Gasteiger partial charge in [0.1, 0.15) is 0 Å². The van der Waals surface area contributed by atoms with Gasteiger partial charge in [0, 0.05) is 0 Å². The molecule has 0 nitrogen and oxygen atoms in total. The molecule has 1 aromatic carbocycles. The SMILES string of the molecule is [C-]#Cc1ccccc1.[Ru+]. The number of hydrogen-bond donors (Lipinski definition) is 0. The Kier molecular flexibility index (Phi) is 4.01. The third kappa shape index (κ3) is 2.44. The van der Waals surface area contributed by atoms with Crippen LogP contribution in [0.25, 0.3) is 0 Å². The molecule has 0 heterocycles. The quantitative estimate of drug-likeness (QED) is 0.341. The van der Waals surface area contributed by atoms with Crippen molar-refractivity contribution in [3.05, 3.63) is 42.3 Å². The molecular formula is C8H5Ru. The van der Waals surface area contributed by atoms with Gasteiger partial charge < -0.3 is 6.42 Å². The predicted octanol–water partition coefficient (Wildman–Crippen LogP) is 1.62. The molecule has 0 aliphatic carbocycles. The minimum Gasteiger partial charge on any atom is -0.366 e. The summed E-state index contributed by atoms with van der Waals surface area (Å²) in [5.74, 6) is 2.28. The zero-order valence-corrected chi connectivity index (χ0v) is 6.48. The van der Waals surface area contributed by atoms with Crippen molar-refractivity contribution < 1.29 is 19.5 Å². The molecule has 9 heavy (non-hydrogen) atoms. The van der Waals surface area contributed by atoms with E-state index in [1.54, 1.807) is 0 Å². The molecule has 0 aliphatic rings. The molecule has 0 amide bonds. The topological polar surface area (TPSA) is 0 Å². The van der Waals surface area contributed by atoms with Gasteiger partial charge in [-0.2, -0.15) is 0 Å². The minimum atomic E-state index is 0. The van der Waals surface area contributed by atoms with Gasteiger partial charge in [-0.25, -0.2) is 0 Å². The molecule has 1 aromatic rings. The van der Waals surface area contributed by atoms with Crippen LogP contribution in [-0.4, -0.2) is 0 Å². The molecule has 0 spiro atoms. The Hall–Kier alpha value is -0.597. The molecule has 0 aliphatic heterocycles. The smallest absolute Gasteiger partial charge is 0.366 e. The van der Waals surface area contributed by atoms with Crippen molar-refractivity contribution in [2.24, 2.45) is 0 Å². The third-order valence-corrected chi connectivity index (χ3v) is 0.918. The van der Waals surface area contributed by atoms with E-state index >= 15 is 0 Å². The van der Waals surface area contributed by atoms with E-state index in [2.05, 4.69) is 5.92 Å². The van der Waals surface area contributed by atoms with Crippen LogP contribution < -0.4 is 0 Å². The Balaban J connectivity index is 0.000000640. The Morgan fingerprint density at radius 1 is 1.11 bits per heavy atom. The van der Waals surface area contributed by atoms with Crippen molar-refractivity contribution >= 4 is 0 Å². The molecule has 45 valence electrons. The molecule has 0 saturated heterocycles. The summed E-state index contributed by atoms with van der Waals surface area (Å²) >= 11 is 0. The first-order valence-electron chi connectivity index (χ1n) is 2.41. The molecular weight excluding hydrogens is 197 g/mol. The van der Waals surface area contributed by atoms with Crippen LogP contribution in [0.5, 0.6) is 0 Å². The van der Waals surface area contributed by atoms with E-state index in [-0.39, 0.29) is 19.5 Å². The van der Waals surface area contributed by atoms with Gasteiger partial charge in [-0.1, -0.05) is 18.2 Å². The Morgan fingerprint density at radius 3 is 2.00 bits per heavy atom. The van der Waals surface area contributed by atoms with Crippen LogP contribution in [0, 0.1) is 12.3 Å². The van der Waals surface area contributed by atoms with Crippen molar-refractivity contribution in [1.29, 1.82) is 0 Å². The maximum Gasteiger partial charge on any atom is 1.00 e. The van der Waals surface area contributed by atoms with Gasteiger partial charge in [0.15, 0.2) is 0 Å². The van der Waals surface area contributed by atoms with Crippen LogP contribution >= 0.6 is 0 Å².